The molecular weight excluding hydrogens is 231 g/mol. The second-order valence-corrected chi connectivity index (χ2v) is 4.12. The Morgan fingerprint density at radius 3 is 2.67 bits per heavy atom. The fraction of sp³-hybridized carbons (Fsp3) is 0.182. The van der Waals surface area contributed by atoms with E-state index in [4.69, 9.17) is 23.2 Å². The highest BCUT2D eigenvalue weighted by Crippen LogP contribution is 2.32. The van der Waals surface area contributed by atoms with Crippen molar-refractivity contribution in [2.45, 2.75) is 6.92 Å². The fourth-order valence-electron chi connectivity index (χ4n) is 1.49. The monoisotopic (exact) mass is 240 g/mol. The van der Waals surface area contributed by atoms with Gasteiger partial charge in [0, 0.05) is 12.4 Å². The molecule has 2 aromatic rings. The molecule has 78 valence electrons. The number of nitrogens with one attached hydrogen (secondary N) is 1. The van der Waals surface area contributed by atoms with Gasteiger partial charge in [0.25, 0.3) is 0 Å². The van der Waals surface area contributed by atoms with Gasteiger partial charge in [-0.3, -0.25) is 0 Å². The zero-order valence-corrected chi connectivity index (χ0v) is 9.95. The van der Waals surface area contributed by atoms with Crippen molar-refractivity contribution in [1.29, 1.82) is 0 Å². The van der Waals surface area contributed by atoms with Gasteiger partial charge in [-0.05, 0) is 30.7 Å². The molecule has 0 bridgehead atoms. The third-order valence-corrected chi connectivity index (χ3v) is 3.09. The number of aromatic nitrogens is 1. The first-order valence-corrected chi connectivity index (χ1v) is 5.32. The van der Waals surface area contributed by atoms with Gasteiger partial charge < -0.3 is 5.32 Å². The molecule has 2 nitrogen and oxygen atoms in total. The number of aryl methyl sites for hydroxylation is 1. The van der Waals surface area contributed by atoms with E-state index >= 15 is 0 Å². The van der Waals surface area contributed by atoms with Crippen molar-refractivity contribution >= 4 is 39.9 Å². The van der Waals surface area contributed by atoms with Crippen molar-refractivity contribution in [1.82, 2.24) is 4.98 Å². The van der Waals surface area contributed by atoms with Crippen molar-refractivity contribution in [2.24, 2.45) is 0 Å². The largest absolute Gasteiger partial charge is 0.373 e. The number of pyridine rings is 1. The van der Waals surface area contributed by atoms with Gasteiger partial charge in [0.2, 0.25) is 0 Å². The van der Waals surface area contributed by atoms with Gasteiger partial charge >= 0.3 is 0 Å². The number of benzene rings is 1. The van der Waals surface area contributed by atoms with Gasteiger partial charge in [-0.1, -0.05) is 23.2 Å². The molecule has 1 aromatic heterocycles. The molecule has 15 heavy (non-hydrogen) atoms. The Morgan fingerprint density at radius 1 is 1.27 bits per heavy atom. The summed E-state index contributed by atoms with van der Waals surface area (Å²) in [6.45, 7) is 1.93. The molecule has 0 fully saturated rings. The Kier molecular flexibility index (Phi) is 2.72. The van der Waals surface area contributed by atoms with Crippen LogP contribution in [0.3, 0.4) is 0 Å². The maximum Gasteiger partial charge on any atom is 0.126 e. The van der Waals surface area contributed by atoms with Crippen LogP contribution in [-0.4, -0.2) is 12.0 Å². The summed E-state index contributed by atoms with van der Waals surface area (Å²) in [6.07, 6.45) is 0. The van der Waals surface area contributed by atoms with Crippen LogP contribution >= 0.6 is 23.2 Å². The lowest BCUT2D eigenvalue weighted by atomic mass is 10.1. The highest BCUT2D eigenvalue weighted by Gasteiger charge is 2.08. The second kappa shape index (κ2) is 3.87. The van der Waals surface area contributed by atoms with Crippen LogP contribution in [0.5, 0.6) is 0 Å². The molecule has 1 heterocycles. The average Bonchev–Trinajstić information content (AvgIpc) is 2.25. The number of anilines is 1. The normalized spacial score (nSPS) is 10.7. The molecule has 0 radical (unpaired) electrons. The maximum atomic E-state index is 6.17. The maximum absolute atomic E-state index is 6.17. The zero-order valence-electron chi connectivity index (χ0n) is 8.44. The van der Waals surface area contributed by atoms with Gasteiger partial charge in [0.15, 0.2) is 0 Å². The van der Waals surface area contributed by atoms with E-state index in [1.807, 2.05) is 32.2 Å². The number of nitrogens with zero attached hydrogens (tertiary/aromatic N) is 1. The molecule has 4 heteroatoms. The summed E-state index contributed by atoms with van der Waals surface area (Å²) in [5, 5.41) is 5.20. The van der Waals surface area contributed by atoms with Crippen LogP contribution in [0.15, 0.2) is 18.2 Å². The standard InChI is InChI=1S/C11H10Cl2N2/c1-6-5-8(12)11-7(10(6)13)3-4-9(14-2)15-11/h3-5H,1-2H3,(H,14,15). The van der Waals surface area contributed by atoms with Crippen molar-refractivity contribution < 1.29 is 0 Å². The first-order chi connectivity index (χ1) is 7.13. The van der Waals surface area contributed by atoms with Crippen LogP contribution in [0.25, 0.3) is 10.9 Å². The van der Waals surface area contributed by atoms with Crippen LogP contribution in [0.2, 0.25) is 10.0 Å². The van der Waals surface area contributed by atoms with E-state index in [9.17, 15) is 0 Å². The van der Waals surface area contributed by atoms with Crippen LogP contribution in [0.1, 0.15) is 5.56 Å². The minimum Gasteiger partial charge on any atom is -0.373 e. The van der Waals surface area contributed by atoms with Crippen molar-refractivity contribution in [3.63, 3.8) is 0 Å². The quantitative estimate of drug-likeness (QED) is 0.819. The van der Waals surface area contributed by atoms with E-state index in [1.165, 1.54) is 0 Å². The Balaban J connectivity index is 2.84. The lowest BCUT2D eigenvalue weighted by Gasteiger charge is -2.07. The van der Waals surface area contributed by atoms with Crippen LogP contribution in [-0.2, 0) is 0 Å². The Morgan fingerprint density at radius 2 is 2.00 bits per heavy atom. The summed E-state index contributed by atoms with van der Waals surface area (Å²) in [4.78, 5) is 4.37. The molecule has 0 spiro atoms. The highest BCUT2D eigenvalue weighted by molar-refractivity contribution is 6.40. The fourth-order valence-corrected chi connectivity index (χ4v) is 2.01. The molecule has 0 atom stereocenters. The Bertz CT molecular complexity index is 523. The van der Waals surface area contributed by atoms with Crippen LogP contribution in [0.4, 0.5) is 5.82 Å². The van der Waals surface area contributed by atoms with Gasteiger partial charge in [-0.15, -0.1) is 0 Å². The van der Waals surface area contributed by atoms with Gasteiger partial charge in [-0.25, -0.2) is 4.98 Å². The summed E-state index contributed by atoms with van der Waals surface area (Å²) in [6, 6.07) is 5.64. The first kappa shape index (κ1) is 10.5. The minimum atomic E-state index is 0.629. The molecule has 0 saturated heterocycles. The molecule has 0 amide bonds. The van der Waals surface area contributed by atoms with E-state index in [1.54, 1.807) is 0 Å². The number of hydrogen-bond donors (Lipinski definition) is 1. The number of fused-ring (bicyclic) bond motifs is 1. The highest BCUT2D eigenvalue weighted by atomic mass is 35.5. The van der Waals surface area contributed by atoms with Gasteiger partial charge in [-0.2, -0.15) is 0 Å². The van der Waals surface area contributed by atoms with E-state index in [-0.39, 0.29) is 0 Å². The third-order valence-electron chi connectivity index (χ3n) is 2.30. The van der Waals surface area contributed by atoms with E-state index in [0.29, 0.717) is 10.0 Å². The smallest absolute Gasteiger partial charge is 0.126 e. The molecule has 1 N–H and O–H groups in total. The third kappa shape index (κ3) is 1.75. The van der Waals surface area contributed by atoms with Crippen molar-refractivity contribution in [3.8, 4) is 0 Å². The van der Waals surface area contributed by atoms with Crippen LogP contribution in [0, 0.1) is 6.92 Å². The lowest BCUT2D eigenvalue weighted by molar-refractivity contribution is 1.34. The summed E-state index contributed by atoms with van der Waals surface area (Å²) < 4.78 is 0. The summed E-state index contributed by atoms with van der Waals surface area (Å²) in [7, 11) is 1.82. The van der Waals surface area contributed by atoms with Crippen molar-refractivity contribution in [2.75, 3.05) is 12.4 Å². The summed E-state index contributed by atoms with van der Waals surface area (Å²) in [5.41, 5.74) is 1.70. The zero-order chi connectivity index (χ0) is 11.0. The molecule has 0 saturated carbocycles. The van der Waals surface area contributed by atoms with Gasteiger partial charge in [0.1, 0.15) is 5.82 Å². The molecule has 0 aliphatic carbocycles. The number of halogens is 2. The predicted molar refractivity (Wildman–Crippen MR) is 66.0 cm³/mol. The molecule has 0 aliphatic heterocycles. The SMILES string of the molecule is CNc1ccc2c(Cl)c(C)cc(Cl)c2n1. The van der Waals surface area contributed by atoms with E-state index in [2.05, 4.69) is 10.3 Å². The Hall–Kier alpha value is -0.990. The molecule has 0 unspecified atom stereocenters. The summed E-state index contributed by atoms with van der Waals surface area (Å²) >= 11 is 12.3. The van der Waals surface area contributed by atoms with Crippen molar-refractivity contribution in [3.05, 3.63) is 33.8 Å². The Labute approximate surface area is 98.2 Å². The first-order valence-electron chi connectivity index (χ1n) is 4.56. The second-order valence-electron chi connectivity index (χ2n) is 3.33. The predicted octanol–water partition coefficient (Wildman–Crippen LogP) is 3.89. The number of rotatable bonds is 1. The van der Waals surface area contributed by atoms with E-state index < -0.39 is 0 Å². The molecular formula is C11H10Cl2N2. The average molecular weight is 241 g/mol. The molecule has 2 rings (SSSR count). The lowest BCUT2D eigenvalue weighted by Crippen LogP contribution is -1.93. The van der Waals surface area contributed by atoms with Crippen LogP contribution < -0.4 is 5.32 Å². The van der Waals surface area contributed by atoms with Gasteiger partial charge in [0.05, 0.1) is 15.6 Å². The topological polar surface area (TPSA) is 24.9 Å². The number of hydrogen-bond acceptors (Lipinski definition) is 2. The van der Waals surface area contributed by atoms with E-state index in [0.717, 1.165) is 22.3 Å². The molecule has 0 aliphatic rings. The molecule has 1 aromatic carbocycles. The minimum absolute atomic E-state index is 0.629. The summed E-state index contributed by atoms with van der Waals surface area (Å²) in [5.74, 6) is 0.782.